The summed E-state index contributed by atoms with van der Waals surface area (Å²) in [5.41, 5.74) is 1.11. The first-order chi connectivity index (χ1) is 12.1. The van der Waals surface area contributed by atoms with Crippen molar-refractivity contribution in [3.8, 4) is 5.75 Å². The van der Waals surface area contributed by atoms with E-state index in [0.717, 1.165) is 50.7 Å². The molecule has 25 heavy (non-hydrogen) atoms. The minimum Gasteiger partial charge on any atom is -0.495 e. The number of hydrogen-bond donors (Lipinski definition) is 1. The highest BCUT2D eigenvalue weighted by Crippen LogP contribution is 2.28. The van der Waals surface area contributed by atoms with Gasteiger partial charge in [0.25, 0.3) is 5.91 Å². The molecule has 2 heterocycles. The molecule has 0 unspecified atom stereocenters. The van der Waals surface area contributed by atoms with Gasteiger partial charge in [-0.1, -0.05) is 12.1 Å². The van der Waals surface area contributed by atoms with Gasteiger partial charge < -0.3 is 24.2 Å². The fraction of sp³-hybridized carbons (Fsp3) is 0.632. The molecule has 0 saturated carbocycles. The van der Waals surface area contributed by atoms with Crippen LogP contribution in [-0.2, 0) is 9.53 Å². The lowest BCUT2D eigenvalue weighted by Crippen LogP contribution is -3.16. The third-order valence-electron chi connectivity index (χ3n) is 5.08. The number of ether oxygens (including phenoxy) is 2. The highest BCUT2D eigenvalue weighted by atomic mass is 16.5. The van der Waals surface area contributed by atoms with E-state index >= 15 is 0 Å². The third-order valence-corrected chi connectivity index (χ3v) is 5.08. The number of hydrogen-bond acceptors (Lipinski definition) is 4. The lowest BCUT2D eigenvalue weighted by atomic mass is 10.2. The molecular weight excluding hydrogens is 318 g/mol. The first-order valence-electron chi connectivity index (χ1n) is 9.21. The van der Waals surface area contributed by atoms with Crippen molar-refractivity contribution in [2.75, 3.05) is 57.8 Å². The Morgan fingerprint density at radius 3 is 2.44 bits per heavy atom. The number of benzene rings is 1. The maximum atomic E-state index is 12.7. The first kappa shape index (κ1) is 18.0. The van der Waals surface area contributed by atoms with Gasteiger partial charge in [-0.2, -0.15) is 0 Å². The number of anilines is 1. The van der Waals surface area contributed by atoms with Crippen LogP contribution >= 0.6 is 0 Å². The number of methoxy groups -OCH3 is 1. The second-order valence-corrected chi connectivity index (χ2v) is 7.13. The number of para-hydroxylation sites is 2. The van der Waals surface area contributed by atoms with Crippen molar-refractivity contribution in [1.82, 2.24) is 4.90 Å². The van der Waals surface area contributed by atoms with Crippen molar-refractivity contribution < 1.29 is 19.2 Å². The maximum absolute atomic E-state index is 12.7. The Morgan fingerprint density at radius 1 is 1.16 bits per heavy atom. The van der Waals surface area contributed by atoms with E-state index in [4.69, 9.17) is 9.47 Å². The van der Waals surface area contributed by atoms with Crippen molar-refractivity contribution in [3.05, 3.63) is 24.3 Å². The lowest BCUT2D eigenvalue weighted by Gasteiger charge is -2.38. The summed E-state index contributed by atoms with van der Waals surface area (Å²) in [4.78, 5) is 18.3. The molecular formula is C19H30N3O3+. The number of rotatable bonds is 4. The van der Waals surface area contributed by atoms with Crippen molar-refractivity contribution in [2.24, 2.45) is 0 Å². The molecule has 1 amide bonds. The molecule has 0 radical (unpaired) electrons. The molecule has 2 aliphatic rings. The number of piperazine rings is 1. The SMILES string of the molecule is COc1ccccc1N1CCN(C(=O)C[NH+]2C[C@H](C)O[C@@H](C)C2)CC1. The molecule has 2 aliphatic heterocycles. The number of amides is 1. The summed E-state index contributed by atoms with van der Waals surface area (Å²) in [6, 6.07) is 8.07. The number of nitrogens with one attached hydrogen (secondary N) is 1. The summed E-state index contributed by atoms with van der Waals surface area (Å²) >= 11 is 0. The topological polar surface area (TPSA) is 46.5 Å². The van der Waals surface area contributed by atoms with Gasteiger partial charge in [-0.3, -0.25) is 4.79 Å². The Morgan fingerprint density at radius 2 is 1.80 bits per heavy atom. The van der Waals surface area contributed by atoms with E-state index in [1.54, 1.807) is 7.11 Å². The Labute approximate surface area is 150 Å². The van der Waals surface area contributed by atoms with Crippen LogP contribution in [0.5, 0.6) is 5.75 Å². The summed E-state index contributed by atoms with van der Waals surface area (Å²) in [5.74, 6) is 1.15. The van der Waals surface area contributed by atoms with Crippen LogP contribution in [0.2, 0.25) is 0 Å². The molecule has 2 atom stereocenters. The van der Waals surface area contributed by atoms with Crippen molar-refractivity contribution in [3.63, 3.8) is 0 Å². The second-order valence-electron chi connectivity index (χ2n) is 7.13. The van der Waals surface area contributed by atoms with E-state index in [1.807, 2.05) is 23.1 Å². The minimum absolute atomic E-state index is 0.231. The summed E-state index contributed by atoms with van der Waals surface area (Å²) in [6.45, 7) is 9.81. The molecule has 3 rings (SSSR count). The third kappa shape index (κ3) is 4.44. The summed E-state index contributed by atoms with van der Waals surface area (Å²) in [7, 11) is 1.70. The molecule has 6 nitrogen and oxygen atoms in total. The minimum atomic E-state index is 0.231. The average Bonchev–Trinajstić information content (AvgIpc) is 2.61. The first-order valence-corrected chi connectivity index (χ1v) is 9.21. The molecule has 0 aliphatic carbocycles. The van der Waals surface area contributed by atoms with Gasteiger partial charge >= 0.3 is 0 Å². The van der Waals surface area contributed by atoms with Gasteiger partial charge in [0, 0.05) is 26.2 Å². The predicted octanol–water partition coefficient (Wildman–Crippen LogP) is 0.0359. The number of carbonyl (C=O) groups excluding carboxylic acids is 1. The molecule has 0 bridgehead atoms. The molecule has 6 heteroatoms. The molecule has 1 N–H and O–H groups in total. The van der Waals surface area contributed by atoms with Crippen LogP contribution in [0, 0.1) is 0 Å². The molecule has 2 fully saturated rings. The smallest absolute Gasteiger partial charge is 0.277 e. The van der Waals surface area contributed by atoms with Crippen LogP contribution in [0.1, 0.15) is 13.8 Å². The van der Waals surface area contributed by atoms with Gasteiger partial charge in [0.05, 0.1) is 12.8 Å². The maximum Gasteiger partial charge on any atom is 0.277 e. The van der Waals surface area contributed by atoms with E-state index in [9.17, 15) is 4.79 Å². The van der Waals surface area contributed by atoms with Crippen molar-refractivity contribution in [1.29, 1.82) is 0 Å². The average molecular weight is 348 g/mol. The standard InChI is InChI=1S/C19H29N3O3/c1-15-12-20(13-16(2)25-15)14-19(23)22-10-8-21(9-11-22)17-6-4-5-7-18(17)24-3/h4-7,15-16H,8-14H2,1-3H3/p+1/t15-,16-/m0/s1. The molecule has 0 spiro atoms. The second kappa shape index (κ2) is 8.06. The Hall–Kier alpha value is -1.79. The van der Waals surface area contributed by atoms with Crippen LogP contribution < -0.4 is 14.5 Å². The molecule has 1 aromatic rings. The Balaban J connectivity index is 1.52. The van der Waals surface area contributed by atoms with Gasteiger partial charge in [-0.25, -0.2) is 0 Å². The lowest BCUT2D eigenvalue weighted by molar-refractivity contribution is -0.907. The molecule has 0 aromatic heterocycles. The van der Waals surface area contributed by atoms with Crippen LogP contribution in [0.25, 0.3) is 0 Å². The van der Waals surface area contributed by atoms with E-state index in [-0.39, 0.29) is 18.1 Å². The monoisotopic (exact) mass is 348 g/mol. The van der Waals surface area contributed by atoms with Crippen molar-refractivity contribution >= 4 is 11.6 Å². The number of morpholine rings is 1. The Bertz CT molecular complexity index is 577. The van der Waals surface area contributed by atoms with Gasteiger partial charge in [0.1, 0.15) is 31.0 Å². The van der Waals surface area contributed by atoms with Crippen LogP contribution in [0.15, 0.2) is 24.3 Å². The van der Waals surface area contributed by atoms with Gasteiger partial charge in [-0.15, -0.1) is 0 Å². The largest absolute Gasteiger partial charge is 0.495 e. The molecule has 1 aromatic carbocycles. The zero-order chi connectivity index (χ0) is 17.8. The van der Waals surface area contributed by atoms with Gasteiger partial charge in [0.15, 0.2) is 6.54 Å². The predicted molar refractivity (Wildman–Crippen MR) is 97.4 cm³/mol. The molecule has 138 valence electrons. The summed E-state index contributed by atoms with van der Waals surface area (Å²) in [5, 5.41) is 0. The highest BCUT2D eigenvalue weighted by Gasteiger charge is 2.30. The summed E-state index contributed by atoms with van der Waals surface area (Å²) in [6.07, 6.45) is 0.461. The van der Waals surface area contributed by atoms with E-state index in [0.29, 0.717) is 6.54 Å². The molecule has 2 saturated heterocycles. The quantitative estimate of drug-likeness (QED) is 0.834. The zero-order valence-electron chi connectivity index (χ0n) is 15.5. The van der Waals surface area contributed by atoms with Crippen LogP contribution in [0.3, 0.4) is 0 Å². The van der Waals surface area contributed by atoms with Crippen LogP contribution in [-0.4, -0.2) is 75.9 Å². The zero-order valence-corrected chi connectivity index (χ0v) is 15.5. The van der Waals surface area contributed by atoms with E-state index in [1.165, 1.54) is 4.90 Å². The highest BCUT2D eigenvalue weighted by molar-refractivity contribution is 5.77. The summed E-state index contributed by atoms with van der Waals surface area (Å²) < 4.78 is 11.2. The number of nitrogens with zero attached hydrogens (tertiary/aromatic N) is 2. The number of quaternary nitrogens is 1. The fourth-order valence-corrected chi connectivity index (χ4v) is 3.95. The fourth-order valence-electron chi connectivity index (χ4n) is 3.95. The van der Waals surface area contributed by atoms with Crippen LogP contribution in [0.4, 0.5) is 5.69 Å². The normalized spacial score (nSPS) is 27.2. The van der Waals surface area contributed by atoms with E-state index in [2.05, 4.69) is 24.8 Å². The number of carbonyl (C=O) groups is 1. The van der Waals surface area contributed by atoms with Gasteiger partial charge in [-0.05, 0) is 26.0 Å². The Kier molecular flexibility index (Phi) is 5.81. The van der Waals surface area contributed by atoms with Crippen molar-refractivity contribution in [2.45, 2.75) is 26.1 Å². The van der Waals surface area contributed by atoms with Gasteiger partial charge in [0.2, 0.25) is 0 Å². The van der Waals surface area contributed by atoms with E-state index < -0.39 is 0 Å².